The van der Waals surface area contributed by atoms with Gasteiger partial charge in [-0.2, -0.15) is 0 Å². The van der Waals surface area contributed by atoms with E-state index in [4.69, 9.17) is 4.84 Å². The van der Waals surface area contributed by atoms with Gasteiger partial charge in [-0.25, -0.2) is 5.43 Å². The van der Waals surface area contributed by atoms with Gasteiger partial charge in [0.25, 0.3) is 0 Å². The van der Waals surface area contributed by atoms with Crippen LogP contribution < -0.4 is 21.6 Å². The number of fused-ring (bicyclic) bond motifs is 1. The van der Waals surface area contributed by atoms with E-state index in [0.717, 1.165) is 11.3 Å². The molecule has 1 saturated heterocycles. The first-order valence-corrected chi connectivity index (χ1v) is 16.2. The van der Waals surface area contributed by atoms with Crippen LogP contribution in [0.2, 0.25) is 0 Å². The van der Waals surface area contributed by atoms with Gasteiger partial charge in [0, 0.05) is 11.6 Å². The highest BCUT2D eigenvalue weighted by molar-refractivity contribution is 6.00. The number of aryl methyl sites for hydroxylation is 1. The first-order chi connectivity index (χ1) is 22.6. The van der Waals surface area contributed by atoms with E-state index in [9.17, 15) is 0 Å². The third-order valence-corrected chi connectivity index (χ3v) is 9.64. The van der Waals surface area contributed by atoms with Crippen molar-refractivity contribution >= 4 is 16.5 Å². The highest BCUT2D eigenvalue weighted by Crippen LogP contribution is 2.37. The molecule has 3 aliphatic rings. The van der Waals surface area contributed by atoms with Crippen molar-refractivity contribution in [2.45, 2.75) is 32.3 Å². The normalized spacial score (nSPS) is 23.9. The van der Waals surface area contributed by atoms with Crippen LogP contribution in [0, 0.1) is 18.8 Å². The van der Waals surface area contributed by atoms with E-state index in [0.29, 0.717) is 11.8 Å². The van der Waals surface area contributed by atoms with Crippen LogP contribution in [-0.4, -0.2) is 6.17 Å². The second kappa shape index (κ2) is 12.2. The van der Waals surface area contributed by atoms with Gasteiger partial charge in [0.2, 0.25) is 0 Å². The summed E-state index contributed by atoms with van der Waals surface area (Å²) in [7, 11) is 0. The molecule has 0 bridgehead atoms. The van der Waals surface area contributed by atoms with Crippen molar-refractivity contribution in [3.8, 4) is 22.3 Å². The van der Waals surface area contributed by atoms with Gasteiger partial charge in [0.1, 0.15) is 0 Å². The molecule has 0 spiro atoms. The van der Waals surface area contributed by atoms with Gasteiger partial charge in [-0.3, -0.25) is 10.2 Å². The lowest BCUT2D eigenvalue weighted by Crippen LogP contribution is -2.52. The fraction of sp³-hybridized carbons (Fsp3) is 0.171. The molecule has 5 nitrogen and oxygen atoms in total. The Bertz CT molecular complexity index is 1990. The molecule has 4 N–H and O–H groups in total. The minimum Gasteiger partial charge on any atom is -0.369 e. The Morgan fingerprint density at radius 1 is 0.696 bits per heavy atom. The van der Waals surface area contributed by atoms with E-state index >= 15 is 0 Å². The van der Waals surface area contributed by atoms with Crippen LogP contribution in [0.3, 0.4) is 0 Å². The lowest BCUT2D eigenvalue weighted by atomic mass is 9.85. The molecule has 46 heavy (non-hydrogen) atoms. The molecule has 5 aromatic carbocycles. The summed E-state index contributed by atoms with van der Waals surface area (Å²) in [6, 6.07) is 39.7. The van der Waals surface area contributed by atoms with Gasteiger partial charge in [0.15, 0.2) is 6.23 Å². The summed E-state index contributed by atoms with van der Waals surface area (Å²) in [5.41, 5.74) is 16.6. The van der Waals surface area contributed by atoms with Gasteiger partial charge in [-0.15, -0.1) is 5.59 Å². The fourth-order valence-electron chi connectivity index (χ4n) is 7.01. The molecule has 0 radical (unpaired) electrons. The maximum atomic E-state index is 5.45. The van der Waals surface area contributed by atoms with Crippen LogP contribution >= 0.6 is 0 Å². The molecular formula is C41H38N4O. The molecule has 0 aromatic heterocycles. The molecule has 2 heterocycles. The van der Waals surface area contributed by atoms with E-state index in [1.54, 1.807) is 0 Å². The van der Waals surface area contributed by atoms with Crippen molar-refractivity contribution in [1.29, 1.82) is 0 Å². The molecule has 0 saturated carbocycles. The standard InChI is InChI=1S/C41H38N4O/c1-26-10-3-6-15-34(26)39-25-38(42-40(43-39)35-16-7-4-11-27(35)2)29-20-18-28(19-21-29)33-23-30-12-5-8-17-36(30)37(24-33)31-13-9-14-32(22-31)41-44-45-46-41/h3-25,27,35,39-45H,1-2H3. The predicted molar refractivity (Wildman–Crippen MR) is 188 cm³/mol. The number of hydrogen-bond donors (Lipinski definition) is 4. The molecule has 5 heteroatoms. The maximum absolute atomic E-state index is 5.45. The minimum atomic E-state index is -0.140. The number of nitrogens with one attached hydrogen (secondary N) is 4. The van der Waals surface area contributed by atoms with E-state index in [1.165, 1.54) is 49.7 Å². The summed E-state index contributed by atoms with van der Waals surface area (Å²) in [6.07, 6.45) is 11.3. The molecule has 1 fully saturated rings. The second-order valence-electron chi connectivity index (χ2n) is 12.6. The lowest BCUT2D eigenvalue weighted by molar-refractivity contribution is -0.189. The van der Waals surface area contributed by atoms with Gasteiger partial charge in [0.05, 0.1) is 12.2 Å². The quantitative estimate of drug-likeness (QED) is 0.157. The van der Waals surface area contributed by atoms with Gasteiger partial charge in [-0.1, -0.05) is 122 Å². The Labute approximate surface area is 270 Å². The van der Waals surface area contributed by atoms with Crippen molar-refractivity contribution in [2.75, 3.05) is 0 Å². The average molecular weight is 603 g/mol. The predicted octanol–water partition coefficient (Wildman–Crippen LogP) is 8.50. The lowest BCUT2D eigenvalue weighted by Gasteiger charge is -2.39. The molecule has 0 amide bonds. The van der Waals surface area contributed by atoms with Crippen LogP contribution in [0.5, 0.6) is 0 Å². The Morgan fingerprint density at radius 3 is 2.28 bits per heavy atom. The zero-order valence-electron chi connectivity index (χ0n) is 26.1. The largest absolute Gasteiger partial charge is 0.369 e. The first-order valence-electron chi connectivity index (χ1n) is 16.2. The molecule has 8 rings (SSSR count). The average Bonchev–Trinajstić information content (AvgIpc) is 3.07. The summed E-state index contributed by atoms with van der Waals surface area (Å²) in [4.78, 5) is 5.45. The van der Waals surface area contributed by atoms with Crippen LogP contribution in [0.15, 0.2) is 140 Å². The van der Waals surface area contributed by atoms with Gasteiger partial charge >= 0.3 is 0 Å². The molecular weight excluding hydrogens is 564 g/mol. The highest BCUT2D eigenvalue weighted by Gasteiger charge is 2.31. The summed E-state index contributed by atoms with van der Waals surface area (Å²) < 4.78 is 0. The van der Waals surface area contributed by atoms with Crippen LogP contribution in [0.4, 0.5) is 0 Å². The number of hydrazine groups is 1. The van der Waals surface area contributed by atoms with E-state index < -0.39 is 0 Å². The highest BCUT2D eigenvalue weighted by atomic mass is 16.7. The van der Waals surface area contributed by atoms with Crippen molar-refractivity contribution in [1.82, 2.24) is 21.6 Å². The van der Waals surface area contributed by atoms with Gasteiger partial charge < -0.3 is 5.32 Å². The van der Waals surface area contributed by atoms with Crippen LogP contribution in [0.1, 0.15) is 41.4 Å². The first kappa shape index (κ1) is 28.7. The maximum Gasteiger partial charge on any atom is 0.171 e. The fourth-order valence-corrected chi connectivity index (χ4v) is 7.01. The number of hydrogen-bond acceptors (Lipinski definition) is 5. The van der Waals surface area contributed by atoms with Crippen LogP contribution in [0.25, 0.3) is 38.7 Å². The summed E-state index contributed by atoms with van der Waals surface area (Å²) in [5, 5.41) is 10.2. The van der Waals surface area contributed by atoms with E-state index in [1.807, 2.05) is 0 Å². The summed E-state index contributed by atoms with van der Waals surface area (Å²) in [5.74, 6) is 0.781. The number of benzene rings is 5. The Hall–Kier alpha value is -4.78. The molecule has 228 valence electrons. The molecule has 5 atom stereocenters. The third kappa shape index (κ3) is 5.48. The summed E-state index contributed by atoms with van der Waals surface area (Å²) >= 11 is 0. The smallest absolute Gasteiger partial charge is 0.171 e. The van der Waals surface area contributed by atoms with Crippen LogP contribution in [-0.2, 0) is 4.84 Å². The SMILES string of the molecule is Cc1ccccc1C1C=C(c2ccc(-c3cc(-c4cccc(C5NNO5)c4)c4ccccc4c3)cc2)NC(C2C=CC=CC2C)N1. The zero-order chi connectivity index (χ0) is 31.0. The van der Waals surface area contributed by atoms with Crippen molar-refractivity contribution < 1.29 is 4.84 Å². The topological polar surface area (TPSA) is 57.4 Å². The monoisotopic (exact) mass is 602 g/mol. The zero-order valence-corrected chi connectivity index (χ0v) is 26.1. The molecule has 2 aliphatic heterocycles. The van der Waals surface area contributed by atoms with E-state index in [-0.39, 0.29) is 18.4 Å². The summed E-state index contributed by atoms with van der Waals surface area (Å²) in [6.45, 7) is 4.50. The molecule has 5 unspecified atom stereocenters. The van der Waals surface area contributed by atoms with E-state index in [2.05, 4.69) is 175 Å². The van der Waals surface area contributed by atoms with Crippen molar-refractivity contribution in [3.05, 3.63) is 162 Å². The minimum absolute atomic E-state index is 0.107. The molecule has 5 aromatic rings. The van der Waals surface area contributed by atoms with Crippen molar-refractivity contribution in [3.63, 3.8) is 0 Å². The molecule has 1 aliphatic carbocycles. The Kier molecular flexibility index (Phi) is 7.60. The van der Waals surface area contributed by atoms with Crippen molar-refractivity contribution in [2.24, 2.45) is 11.8 Å². The number of allylic oxidation sites excluding steroid dienone is 3. The third-order valence-electron chi connectivity index (χ3n) is 9.64. The Morgan fingerprint density at radius 2 is 1.48 bits per heavy atom. The Balaban J connectivity index is 1.15. The number of rotatable bonds is 6. The van der Waals surface area contributed by atoms with Gasteiger partial charge in [-0.05, 0) is 92.4 Å². The second-order valence-corrected chi connectivity index (χ2v) is 12.6.